The molecule has 3 aliphatic carbocycles. The average Bonchev–Trinajstić information content (AvgIpc) is 3.21. The molecule has 214 valence electrons. The van der Waals surface area contributed by atoms with Gasteiger partial charge in [-0.25, -0.2) is 9.69 Å². The first kappa shape index (κ1) is 27.9. The number of aromatic hydroxyl groups is 2. The Morgan fingerprint density at radius 1 is 1.07 bits per heavy atom. The van der Waals surface area contributed by atoms with Crippen LogP contribution in [-0.2, 0) is 19.2 Å². The molecule has 2 aromatic carbocycles. The summed E-state index contributed by atoms with van der Waals surface area (Å²) in [6, 6.07) is 6.47. The lowest BCUT2D eigenvalue weighted by Crippen LogP contribution is -2.39. The highest BCUT2D eigenvalue weighted by Crippen LogP contribution is 2.56. The number of methoxy groups -OCH3 is 1. The smallest absolute Gasteiger partial charge is 0.339 e. The number of amides is 2. The summed E-state index contributed by atoms with van der Waals surface area (Å²) in [6.07, 6.45) is 3.23. The molecule has 0 radical (unpaired) electrons. The summed E-state index contributed by atoms with van der Waals surface area (Å²) in [5.74, 6) is -7.18. The van der Waals surface area contributed by atoms with Crippen molar-refractivity contribution < 1.29 is 44.0 Å². The Labute approximate surface area is 251 Å². The minimum atomic E-state index is -1.36. The maximum Gasteiger partial charge on any atom is 0.339 e. The zero-order valence-corrected chi connectivity index (χ0v) is 24.1. The summed E-state index contributed by atoms with van der Waals surface area (Å²) in [7, 11) is 1.35. The van der Waals surface area contributed by atoms with Gasteiger partial charge in [0.25, 0.3) is 0 Å². The number of imide groups is 1. The van der Waals surface area contributed by atoms with E-state index in [-0.39, 0.29) is 56.2 Å². The molecule has 0 saturated carbocycles. The number of carbonyl (C=O) groups is 5. The van der Waals surface area contributed by atoms with Gasteiger partial charge in [-0.3, -0.25) is 19.2 Å². The van der Waals surface area contributed by atoms with Crippen molar-refractivity contribution in [1.82, 2.24) is 0 Å². The summed E-state index contributed by atoms with van der Waals surface area (Å²) < 4.78 is 5.37. The van der Waals surface area contributed by atoms with Crippen molar-refractivity contribution >= 4 is 62.6 Å². The number of hydrogen-bond donors (Lipinski definition) is 3. The molecule has 42 heavy (non-hydrogen) atoms. The molecule has 12 heteroatoms. The second kappa shape index (κ2) is 9.95. The fourth-order valence-electron chi connectivity index (χ4n) is 6.60. The predicted molar refractivity (Wildman–Crippen MR) is 152 cm³/mol. The number of aromatic carboxylic acids is 1. The number of benzene rings is 2. The number of carbonyl (C=O) groups excluding carboxylic acids is 4. The molecule has 1 fully saturated rings. The Kier molecular flexibility index (Phi) is 6.62. The number of phenolic OH excluding ortho intramolecular Hbond substituents is 1. The zero-order valence-electron chi connectivity index (χ0n) is 21.8. The molecule has 3 N–H and O–H groups in total. The van der Waals surface area contributed by atoms with Crippen LogP contribution in [0.3, 0.4) is 0 Å². The van der Waals surface area contributed by atoms with E-state index in [1.54, 1.807) is 0 Å². The number of allylic oxidation sites excluding steroid dienone is 6. The van der Waals surface area contributed by atoms with Gasteiger partial charge in [0.1, 0.15) is 11.3 Å². The van der Waals surface area contributed by atoms with E-state index in [0.717, 1.165) is 17.0 Å². The Balaban J connectivity index is 1.48. The van der Waals surface area contributed by atoms with Gasteiger partial charge in [0.2, 0.25) is 11.8 Å². The van der Waals surface area contributed by atoms with Gasteiger partial charge in [-0.2, -0.15) is 0 Å². The number of anilines is 1. The van der Waals surface area contributed by atoms with Crippen LogP contribution >= 0.6 is 27.5 Å². The highest BCUT2D eigenvalue weighted by Gasteiger charge is 2.56. The minimum absolute atomic E-state index is 0.0281. The second-order valence-electron chi connectivity index (χ2n) is 10.5. The summed E-state index contributed by atoms with van der Waals surface area (Å²) in [5.41, 5.74) is 1.23. The van der Waals surface area contributed by atoms with Gasteiger partial charge in [0.15, 0.2) is 23.1 Å². The SMILES string of the molecule is COc1cc([C@H]2C3=CC[C@@H]4C(=O)N(c5ccc(C(=O)O)c(O)c5)C(=O)[C@@H]4[C@@H]3CC3=C2C(=O)C=C(Br)C3=O)cc(Cl)c1O. The molecular formula is C30H21BrClNO9. The van der Waals surface area contributed by atoms with Crippen LogP contribution in [0.2, 0.25) is 5.02 Å². The monoisotopic (exact) mass is 653 g/mol. The molecule has 1 heterocycles. The largest absolute Gasteiger partial charge is 0.507 e. The number of ketones is 2. The number of ether oxygens (including phenoxy) is 1. The lowest BCUT2D eigenvalue weighted by atomic mass is 9.59. The number of halogens is 2. The fraction of sp³-hybridized carbons (Fsp3) is 0.233. The molecule has 1 saturated heterocycles. The van der Waals surface area contributed by atoms with Crippen LogP contribution in [0.1, 0.15) is 34.7 Å². The number of phenols is 2. The van der Waals surface area contributed by atoms with E-state index in [4.69, 9.17) is 16.3 Å². The lowest BCUT2D eigenvalue weighted by Gasteiger charge is -2.42. The van der Waals surface area contributed by atoms with Gasteiger partial charge in [-0.05, 0) is 64.5 Å². The van der Waals surface area contributed by atoms with Crippen molar-refractivity contribution in [2.45, 2.75) is 18.8 Å². The van der Waals surface area contributed by atoms with Gasteiger partial charge >= 0.3 is 5.97 Å². The van der Waals surface area contributed by atoms with Gasteiger partial charge in [-0.15, -0.1) is 0 Å². The van der Waals surface area contributed by atoms with Crippen molar-refractivity contribution in [3.63, 3.8) is 0 Å². The van der Waals surface area contributed by atoms with Crippen molar-refractivity contribution in [2.75, 3.05) is 12.0 Å². The Hall–Kier alpha value is -4.22. The highest BCUT2D eigenvalue weighted by molar-refractivity contribution is 9.12. The Morgan fingerprint density at radius 2 is 1.81 bits per heavy atom. The van der Waals surface area contributed by atoms with Crippen LogP contribution in [0.4, 0.5) is 5.69 Å². The number of fused-ring (bicyclic) bond motifs is 3. The molecule has 6 rings (SSSR count). The molecule has 0 bridgehead atoms. The van der Waals surface area contributed by atoms with Gasteiger partial charge < -0.3 is 20.1 Å². The predicted octanol–water partition coefficient (Wildman–Crippen LogP) is 4.42. The van der Waals surface area contributed by atoms with E-state index in [0.29, 0.717) is 11.1 Å². The van der Waals surface area contributed by atoms with E-state index in [2.05, 4.69) is 15.9 Å². The van der Waals surface area contributed by atoms with Crippen LogP contribution in [0.15, 0.2) is 63.7 Å². The van der Waals surface area contributed by atoms with Crippen LogP contribution in [0.5, 0.6) is 17.2 Å². The first-order valence-corrected chi connectivity index (χ1v) is 14.0. The molecular weight excluding hydrogens is 634 g/mol. The van der Waals surface area contributed by atoms with Gasteiger partial charge in [-0.1, -0.05) is 23.3 Å². The topological polar surface area (TPSA) is 159 Å². The molecule has 2 aromatic rings. The third-order valence-corrected chi connectivity index (χ3v) is 9.28. The van der Waals surface area contributed by atoms with Gasteiger partial charge in [0, 0.05) is 29.2 Å². The van der Waals surface area contributed by atoms with E-state index >= 15 is 0 Å². The van der Waals surface area contributed by atoms with Crippen molar-refractivity contribution in [3.8, 4) is 17.2 Å². The number of hydrogen-bond acceptors (Lipinski definition) is 8. The van der Waals surface area contributed by atoms with E-state index in [1.165, 1.54) is 31.4 Å². The quantitative estimate of drug-likeness (QED) is 0.246. The van der Waals surface area contributed by atoms with Crippen LogP contribution < -0.4 is 9.64 Å². The maximum absolute atomic E-state index is 14.0. The first-order valence-electron chi connectivity index (χ1n) is 12.8. The van der Waals surface area contributed by atoms with E-state index < -0.39 is 58.8 Å². The summed E-state index contributed by atoms with van der Waals surface area (Å²) >= 11 is 9.50. The van der Waals surface area contributed by atoms with Gasteiger partial charge in [0.05, 0.1) is 34.1 Å². The molecule has 4 atom stereocenters. The molecule has 0 aromatic heterocycles. The first-order chi connectivity index (χ1) is 19.9. The summed E-state index contributed by atoms with van der Waals surface area (Å²) in [5, 5.41) is 29.8. The minimum Gasteiger partial charge on any atom is -0.507 e. The van der Waals surface area contributed by atoms with Crippen LogP contribution in [0.25, 0.3) is 0 Å². The lowest BCUT2D eigenvalue weighted by molar-refractivity contribution is -0.123. The number of Topliss-reactive ketones (excluding diaryl/α,β-unsaturated/α-hetero) is 1. The zero-order chi connectivity index (χ0) is 30.2. The Bertz CT molecular complexity index is 1760. The third-order valence-electron chi connectivity index (χ3n) is 8.41. The molecule has 4 aliphatic rings. The number of nitrogens with zero attached hydrogens (tertiary/aromatic N) is 1. The van der Waals surface area contributed by atoms with E-state index in [1.807, 2.05) is 6.08 Å². The summed E-state index contributed by atoms with van der Waals surface area (Å²) in [4.78, 5) is 66.6. The molecule has 2 amide bonds. The molecule has 10 nitrogen and oxygen atoms in total. The second-order valence-corrected chi connectivity index (χ2v) is 11.7. The fourth-order valence-corrected chi connectivity index (χ4v) is 7.26. The van der Waals surface area contributed by atoms with Crippen molar-refractivity contribution in [3.05, 3.63) is 79.8 Å². The van der Waals surface area contributed by atoms with Crippen LogP contribution in [-0.4, -0.2) is 51.8 Å². The number of rotatable bonds is 4. The maximum atomic E-state index is 14.0. The number of carboxylic acid groups (broad SMARTS) is 1. The number of carboxylic acids is 1. The van der Waals surface area contributed by atoms with E-state index in [9.17, 15) is 39.3 Å². The Morgan fingerprint density at radius 3 is 2.48 bits per heavy atom. The summed E-state index contributed by atoms with van der Waals surface area (Å²) in [6.45, 7) is 0. The highest BCUT2D eigenvalue weighted by atomic mass is 79.9. The molecule has 0 unspecified atom stereocenters. The van der Waals surface area contributed by atoms with Crippen LogP contribution in [0, 0.1) is 17.8 Å². The average molecular weight is 655 g/mol. The molecule has 0 spiro atoms. The molecule has 1 aliphatic heterocycles. The third kappa shape index (κ3) is 4.02. The van der Waals surface area contributed by atoms with Crippen molar-refractivity contribution in [1.29, 1.82) is 0 Å². The standard InChI is InChI=1S/C30H21BrClNO9/c1-42-22-7-11(6-19(32)27(22)37)23-13-4-5-15-24(16(13)9-17-25(23)21(35)10-18(31)26(17)36)29(39)33(28(15)38)12-2-3-14(30(40)41)20(34)8-12/h2-4,6-8,10,15-16,23-24,34,37H,5,9H2,1H3,(H,40,41)/t15-,16+,23-,24-/m0/s1. The normalized spacial score (nSPS) is 25.1. The van der Waals surface area contributed by atoms with Crippen molar-refractivity contribution in [2.24, 2.45) is 17.8 Å².